The van der Waals surface area contributed by atoms with E-state index in [1.807, 2.05) is 17.3 Å². The largest absolute Gasteiger partial charge is 0.336 e. The fraction of sp³-hybridized carbons (Fsp3) is 0.450. The lowest BCUT2D eigenvalue weighted by Gasteiger charge is -2.35. The average molecular weight is 351 g/mol. The zero-order valence-electron chi connectivity index (χ0n) is 15.4. The second-order valence-electron chi connectivity index (χ2n) is 6.96. The monoisotopic (exact) mass is 351 g/mol. The number of aromatic nitrogens is 2. The second kappa shape index (κ2) is 8.15. The lowest BCUT2D eigenvalue weighted by Crippen LogP contribution is -2.49. The van der Waals surface area contributed by atoms with Crippen molar-refractivity contribution in [2.24, 2.45) is 0 Å². The van der Waals surface area contributed by atoms with Crippen molar-refractivity contribution in [2.75, 3.05) is 32.7 Å². The van der Waals surface area contributed by atoms with Gasteiger partial charge in [-0.1, -0.05) is 13.8 Å². The number of piperazine rings is 1. The quantitative estimate of drug-likeness (QED) is 0.829. The summed E-state index contributed by atoms with van der Waals surface area (Å²) in [5.41, 5.74) is 1.23. The molecule has 1 aromatic carbocycles. The number of imidazole rings is 1. The molecule has 1 amide bonds. The summed E-state index contributed by atoms with van der Waals surface area (Å²) in [7, 11) is 0. The molecule has 26 heavy (non-hydrogen) atoms. The molecule has 0 spiro atoms. The second-order valence-corrected chi connectivity index (χ2v) is 6.96. The number of benzene rings is 1. The third-order valence-corrected chi connectivity index (χ3v) is 4.84. The first-order valence-electron chi connectivity index (χ1n) is 9.11. The minimum atomic E-state index is 0.0471. The van der Waals surface area contributed by atoms with Gasteiger partial charge in [0.05, 0.1) is 11.6 Å². The van der Waals surface area contributed by atoms with Crippen molar-refractivity contribution in [3.63, 3.8) is 0 Å². The van der Waals surface area contributed by atoms with E-state index in [9.17, 15) is 4.79 Å². The first-order chi connectivity index (χ1) is 12.6. The minimum Gasteiger partial charge on any atom is -0.336 e. The molecule has 6 heteroatoms. The van der Waals surface area contributed by atoms with Crippen LogP contribution in [0.1, 0.15) is 41.5 Å². The number of amides is 1. The van der Waals surface area contributed by atoms with Gasteiger partial charge in [0.15, 0.2) is 0 Å². The molecule has 1 fully saturated rings. The van der Waals surface area contributed by atoms with Crippen molar-refractivity contribution in [2.45, 2.75) is 26.3 Å². The van der Waals surface area contributed by atoms with Crippen LogP contribution in [-0.2, 0) is 6.54 Å². The van der Waals surface area contributed by atoms with Crippen LogP contribution in [0.5, 0.6) is 0 Å². The smallest absolute Gasteiger partial charge is 0.253 e. The molecule has 2 heterocycles. The number of carbonyl (C=O) groups is 1. The van der Waals surface area contributed by atoms with Gasteiger partial charge in [-0.25, -0.2) is 4.98 Å². The van der Waals surface area contributed by atoms with Crippen LogP contribution >= 0.6 is 0 Å². The van der Waals surface area contributed by atoms with Crippen LogP contribution in [-0.4, -0.2) is 58.0 Å². The number of rotatable bonds is 5. The first-order valence-corrected chi connectivity index (χ1v) is 9.11. The Kier molecular flexibility index (Phi) is 5.69. The molecule has 1 aliphatic heterocycles. The van der Waals surface area contributed by atoms with Crippen LogP contribution in [0.2, 0.25) is 0 Å². The Balaban J connectivity index is 1.50. The lowest BCUT2D eigenvalue weighted by atomic mass is 10.1. The number of nitriles is 1. The van der Waals surface area contributed by atoms with Crippen molar-refractivity contribution in [3.05, 3.63) is 53.6 Å². The number of nitrogens with zero attached hydrogens (tertiary/aromatic N) is 5. The molecular weight excluding hydrogens is 326 g/mol. The van der Waals surface area contributed by atoms with Gasteiger partial charge in [0.2, 0.25) is 0 Å². The van der Waals surface area contributed by atoms with Gasteiger partial charge < -0.3 is 9.47 Å². The van der Waals surface area contributed by atoms with Gasteiger partial charge in [0.25, 0.3) is 5.91 Å². The van der Waals surface area contributed by atoms with Gasteiger partial charge in [-0.2, -0.15) is 5.26 Å². The number of carbonyl (C=O) groups excluding carboxylic acids is 1. The van der Waals surface area contributed by atoms with Gasteiger partial charge in [0.1, 0.15) is 5.82 Å². The summed E-state index contributed by atoms with van der Waals surface area (Å²) in [5, 5.41) is 8.85. The van der Waals surface area contributed by atoms with Crippen molar-refractivity contribution in [3.8, 4) is 6.07 Å². The van der Waals surface area contributed by atoms with E-state index < -0.39 is 0 Å². The molecule has 0 atom stereocenters. The predicted octanol–water partition coefficient (Wildman–Crippen LogP) is 2.34. The van der Waals surface area contributed by atoms with E-state index in [2.05, 4.69) is 34.4 Å². The van der Waals surface area contributed by atoms with Crippen molar-refractivity contribution in [1.82, 2.24) is 19.4 Å². The van der Waals surface area contributed by atoms with Crippen LogP contribution in [0.25, 0.3) is 0 Å². The summed E-state index contributed by atoms with van der Waals surface area (Å²) in [6, 6.07) is 8.94. The van der Waals surface area contributed by atoms with Gasteiger partial charge in [-0.15, -0.1) is 0 Å². The van der Waals surface area contributed by atoms with Crippen LogP contribution in [0, 0.1) is 11.3 Å². The Morgan fingerprint density at radius 2 is 1.85 bits per heavy atom. The zero-order chi connectivity index (χ0) is 18.5. The topological polar surface area (TPSA) is 65.2 Å². The highest BCUT2D eigenvalue weighted by Crippen LogP contribution is 2.13. The molecule has 1 aromatic heterocycles. The van der Waals surface area contributed by atoms with Crippen molar-refractivity contribution >= 4 is 5.91 Å². The Bertz CT molecular complexity index is 779. The highest BCUT2D eigenvalue weighted by atomic mass is 16.2. The van der Waals surface area contributed by atoms with Crippen LogP contribution in [0.3, 0.4) is 0 Å². The number of hydrogen-bond donors (Lipinski definition) is 0. The summed E-state index contributed by atoms with van der Waals surface area (Å²) in [6.07, 6.45) is 3.91. The van der Waals surface area contributed by atoms with Crippen molar-refractivity contribution in [1.29, 1.82) is 5.26 Å². The normalized spacial score (nSPS) is 15.2. The van der Waals surface area contributed by atoms with Crippen molar-refractivity contribution < 1.29 is 4.79 Å². The maximum absolute atomic E-state index is 12.6. The number of hydrogen-bond acceptors (Lipinski definition) is 4. The maximum atomic E-state index is 12.6. The van der Waals surface area contributed by atoms with Crippen LogP contribution < -0.4 is 0 Å². The van der Waals surface area contributed by atoms with Gasteiger partial charge >= 0.3 is 0 Å². The van der Waals surface area contributed by atoms with E-state index in [1.54, 1.807) is 24.3 Å². The average Bonchev–Trinajstić information content (AvgIpc) is 3.15. The lowest BCUT2D eigenvalue weighted by molar-refractivity contribution is 0.0633. The molecule has 6 nitrogen and oxygen atoms in total. The molecule has 0 saturated carbocycles. The Morgan fingerprint density at radius 3 is 2.46 bits per heavy atom. The molecule has 2 aromatic rings. The fourth-order valence-corrected chi connectivity index (χ4v) is 3.30. The van der Waals surface area contributed by atoms with E-state index in [0.29, 0.717) is 17.0 Å². The Hall–Kier alpha value is -2.65. The van der Waals surface area contributed by atoms with E-state index >= 15 is 0 Å². The van der Waals surface area contributed by atoms with Gasteiger partial charge in [0, 0.05) is 63.1 Å². The van der Waals surface area contributed by atoms with E-state index in [1.165, 1.54) is 0 Å². The molecule has 0 aliphatic carbocycles. The van der Waals surface area contributed by atoms with E-state index in [-0.39, 0.29) is 5.91 Å². The van der Waals surface area contributed by atoms with E-state index in [4.69, 9.17) is 5.26 Å². The highest BCUT2D eigenvalue weighted by molar-refractivity contribution is 5.94. The summed E-state index contributed by atoms with van der Waals surface area (Å²) in [6.45, 7) is 9.45. The Labute approximate surface area is 154 Å². The van der Waals surface area contributed by atoms with Gasteiger partial charge in [-0.3, -0.25) is 9.69 Å². The zero-order valence-corrected chi connectivity index (χ0v) is 15.4. The van der Waals surface area contributed by atoms with Crippen LogP contribution in [0.15, 0.2) is 36.7 Å². The summed E-state index contributed by atoms with van der Waals surface area (Å²) < 4.78 is 2.22. The highest BCUT2D eigenvalue weighted by Gasteiger charge is 2.22. The van der Waals surface area contributed by atoms with Gasteiger partial charge in [-0.05, 0) is 24.3 Å². The van der Waals surface area contributed by atoms with E-state index in [0.717, 1.165) is 45.1 Å². The molecule has 136 valence electrons. The maximum Gasteiger partial charge on any atom is 0.253 e. The third-order valence-electron chi connectivity index (χ3n) is 4.84. The SMILES string of the molecule is CC(C)c1nccn1CCN1CCN(C(=O)c2ccc(C#N)cc2)CC1. The molecular formula is C20H25N5O. The minimum absolute atomic E-state index is 0.0471. The molecule has 1 aliphatic rings. The predicted molar refractivity (Wildman–Crippen MR) is 99.8 cm³/mol. The first kappa shape index (κ1) is 18.2. The summed E-state index contributed by atoms with van der Waals surface area (Å²) in [5.74, 6) is 1.59. The third kappa shape index (κ3) is 4.12. The fourth-order valence-electron chi connectivity index (χ4n) is 3.30. The van der Waals surface area contributed by atoms with Crippen LogP contribution in [0.4, 0.5) is 0 Å². The molecule has 0 bridgehead atoms. The standard InChI is InChI=1S/C20H25N5O/c1-16(2)19-22-7-8-24(19)12-9-23-10-13-25(14-11-23)20(26)18-5-3-17(15-21)4-6-18/h3-8,16H,9-14H2,1-2H3. The molecule has 0 radical (unpaired) electrons. The Morgan fingerprint density at radius 1 is 1.15 bits per heavy atom. The molecule has 3 rings (SSSR count). The summed E-state index contributed by atoms with van der Waals surface area (Å²) >= 11 is 0. The molecule has 0 unspecified atom stereocenters. The summed E-state index contributed by atoms with van der Waals surface area (Å²) in [4.78, 5) is 21.3. The molecule has 1 saturated heterocycles. The molecule has 0 N–H and O–H groups in total.